The number of hydrogen-bond donors (Lipinski definition) is 0. The largest absolute Gasteiger partial charge is 0.436 e. The Balaban J connectivity index is 2.46. The second-order valence-electron chi connectivity index (χ2n) is 4.45. The molecule has 0 aromatic heterocycles. The summed E-state index contributed by atoms with van der Waals surface area (Å²) < 4.78 is 5.13. The van der Waals surface area contributed by atoms with Crippen LogP contribution in [0.25, 0.3) is 0 Å². The van der Waals surface area contributed by atoms with Crippen molar-refractivity contribution < 1.29 is 9.53 Å². The number of nitrogens with zero attached hydrogens (tertiary/aromatic N) is 1. The lowest BCUT2D eigenvalue weighted by atomic mass is 10.0. The van der Waals surface area contributed by atoms with E-state index in [9.17, 15) is 4.79 Å². The summed E-state index contributed by atoms with van der Waals surface area (Å²) in [7, 11) is 0. The first kappa shape index (κ1) is 14.7. The van der Waals surface area contributed by atoms with E-state index < -0.39 is 6.23 Å². The third-order valence-corrected chi connectivity index (χ3v) is 2.84. The van der Waals surface area contributed by atoms with Gasteiger partial charge in [0.25, 0.3) is 0 Å². The first-order valence-electron chi connectivity index (χ1n) is 6.69. The molecule has 0 bridgehead atoms. The van der Waals surface area contributed by atoms with Crippen molar-refractivity contribution in [3.8, 4) is 0 Å². The summed E-state index contributed by atoms with van der Waals surface area (Å²) in [5, 5.41) is 0. The molecular formula is C18H17NO2. The molecule has 21 heavy (non-hydrogen) atoms. The Morgan fingerprint density at radius 3 is 1.90 bits per heavy atom. The predicted octanol–water partition coefficient (Wildman–Crippen LogP) is 3.60. The van der Waals surface area contributed by atoms with Crippen LogP contribution in [0, 0.1) is 0 Å². The lowest BCUT2D eigenvalue weighted by Crippen LogP contribution is -2.15. The van der Waals surface area contributed by atoms with Crippen LogP contribution in [0.4, 0.5) is 0 Å². The molecule has 2 aromatic rings. The van der Waals surface area contributed by atoms with Crippen LogP contribution < -0.4 is 0 Å². The lowest BCUT2D eigenvalue weighted by molar-refractivity contribution is -0.143. The van der Waals surface area contributed by atoms with Gasteiger partial charge in [-0.15, -0.1) is 0 Å². The fourth-order valence-electron chi connectivity index (χ4n) is 1.93. The van der Waals surface area contributed by atoms with E-state index in [0.29, 0.717) is 0 Å². The van der Waals surface area contributed by atoms with Crippen LogP contribution in [0.2, 0.25) is 0 Å². The number of ether oxygens (including phenoxy) is 1. The van der Waals surface area contributed by atoms with Gasteiger partial charge < -0.3 is 4.74 Å². The van der Waals surface area contributed by atoms with Crippen molar-refractivity contribution in [3.63, 3.8) is 0 Å². The molecular weight excluding hydrogens is 262 g/mol. The molecule has 2 aromatic carbocycles. The zero-order valence-electron chi connectivity index (χ0n) is 11.9. The van der Waals surface area contributed by atoms with E-state index in [1.54, 1.807) is 0 Å². The number of carbonyl (C=O) groups excluding carboxylic acids is 1. The van der Waals surface area contributed by atoms with Gasteiger partial charge in [-0.3, -0.25) is 4.79 Å². The molecule has 0 radical (unpaired) electrons. The number of esters is 1. The maximum Gasteiger partial charge on any atom is 0.304 e. The first-order valence-corrected chi connectivity index (χ1v) is 6.69. The van der Waals surface area contributed by atoms with Gasteiger partial charge in [0.2, 0.25) is 6.23 Å². The van der Waals surface area contributed by atoms with Gasteiger partial charge in [-0.1, -0.05) is 67.2 Å². The van der Waals surface area contributed by atoms with Crippen molar-refractivity contribution in [2.45, 2.75) is 13.2 Å². The van der Waals surface area contributed by atoms with E-state index >= 15 is 0 Å². The molecule has 3 heteroatoms. The molecule has 106 valence electrons. The maximum absolute atomic E-state index is 11.1. The summed E-state index contributed by atoms with van der Waals surface area (Å²) in [5.41, 5.74) is 2.69. The zero-order chi connectivity index (χ0) is 15.1. The van der Waals surface area contributed by atoms with E-state index in [-0.39, 0.29) is 5.97 Å². The van der Waals surface area contributed by atoms with Crippen molar-refractivity contribution in [2.75, 3.05) is 0 Å². The Morgan fingerprint density at radius 1 is 1.05 bits per heavy atom. The molecule has 0 heterocycles. The Bertz CT molecular complexity index is 591. The smallest absolute Gasteiger partial charge is 0.304 e. The highest BCUT2D eigenvalue weighted by molar-refractivity contribution is 6.13. The molecule has 0 fully saturated rings. The number of rotatable bonds is 5. The van der Waals surface area contributed by atoms with E-state index in [1.807, 2.05) is 60.7 Å². The molecule has 1 atom stereocenters. The summed E-state index contributed by atoms with van der Waals surface area (Å²) in [6.45, 7) is 5.03. The third kappa shape index (κ3) is 4.14. The Labute approximate surface area is 124 Å². The quantitative estimate of drug-likeness (QED) is 0.476. The van der Waals surface area contributed by atoms with Crippen LogP contribution >= 0.6 is 0 Å². The molecule has 0 aliphatic heterocycles. The topological polar surface area (TPSA) is 38.7 Å². The Morgan fingerprint density at radius 2 is 1.52 bits per heavy atom. The molecule has 0 saturated carbocycles. The van der Waals surface area contributed by atoms with Crippen molar-refractivity contribution in [1.82, 2.24) is 0 Å². The minimum atomic E-state index is -0.696. The summed E-state index contributed by atoms with van der Waals surface area (Å²) in [6.07, 6.45) is 0.811. The van der Waals surface area contributed by atoms with Gasteiger partial charge in [-0.2, -0.15) is 0 Å². The highest BCUT2D eigenvalue weighted by Gasteiger charge is 2.11. The number of aliphatic imine (C=N–C) groups is 1. The molecule has 0 aliphatic carbocycles. The monoisotopic (exact) mass is 279 g/mol. The minimum Gasteiger partial charge on any atom is -0.436 e. The summed E-state index contributed by atoms with van der Waals surface area (Å²) in [5.74, 6) is -0.385. The van der Waals surface area contributed by atoms with Gasteiger partial charge in [0.1, 0.15) is 0 Å². The Kier molecular flexibility index (Phi) is 5.04. The van der Waals surface area contributed by atoms with E-state index in [2.05, 4.69) is 11.6 Å². The minimum absolute atomic E-state index is 0.385. The molecule has 0 aliphatic rings. The molecule has 0 amide bonds. The second-order valence-corrected chi connectivity index (χ2v) is 4.45. The number of benzene rings is 2. The van der Waals surface area contributed by atoms with Gasteiger partial charge in [-0.05, 0) is 6.08 Å². The van der Waals surface area contributed by atoms with Crippen molar-refractivity contribution in [2.24, 2.45) is 4.99 Å². The van der Waals surface area contributed by atoms with Crippen molar-refractivity contribution in [1.29, 1.82) is 0 Å². The van der Waals surface area contributed by atoms with Crippen LogP contribution in [0.3, 0.4) is 0 Å². The summed E-state index contributed by atoms with van der Waals surface area (Å²) in [6, 6.07) is 19.6. The number of carbonyl (C=O) groups is 1. The number of hydrogen-bond acceptors (Lipinski definition) is 3. The predicted molar refractivity (Wildman–Crippen MR) is 84.3 cm³/mol. The van der Waals surface area contributed by atoms with Gasteiger partial charge in [0.15, 0.2) is 0 Å². The fraction of sp³-hybridized carbons (Fsp3) is 0.111. The van der Waals surface area contributed by atoms with Crippen molar-refractivity contribution >= 4 is 11.7 Å². The SMILES string of the molecule is C=CC(N=C(c1ccccc1)c1ccccc1)OC(C)=O. The van der Waals surface area contributed by atoms with Gasteiger partial charge >= 0.3 is 5.97 Å². The molecule has 1 unspecified atom stereocenters. The van der Waals surface area contributed by atoms with E-state index in [1.165, 1.54) is 13.0 Å². The maximum atomic E-state index is 11.1. The highest BCUT2D eigenvalue weighted by Crippen LogP contribution is 2.13. The second kappa shape index (κ2) is 7.20. The summed E-state index contributed by atoms with van der Waals surface area (Å²) >= 11 is 0. The highest BCUT2D eigenvalue weighted by atomic mass is 16.6. The first-order chi connectivity index (χ1) is 10.2. The molecule has 2 rings (SSSR count). The third-order valence-electron chi connectivity index (χ3n) is 2.84. The fourth-order valence-corrected chi connectivity index (χ4v) is 1.93. The van der Waals surface area contributed by atoms with Crippen LogP contribution in [0.1, 0.15) is 18.1 Å². The normalized spacial score (nSPS) is 11.3. The standard InChI is InChI=1S/C18H17NO2/c1-3-17(21-14(2)20)19-18(15-10-6-4-7-11-15)16-12-8-5-9-13-16/h3-13,17H,1H2,2H3. The average molecular weight is 279 g/mol. The van der Waals surface area contributed by atoms with E-state index in [0.717, 1.165) is 16.8 Å². The summed E-state index contributed by atoms with van der Waals surface area (Å²) in [4.78, 5) is 15.7. The molecule has 0 N–H and O–H groups in total. The Hall–Kier alpha value is -2.68. The molecule has 3 nitrogen and oxygen atoms in total. The van der Waals surface area contributed by atoms with Crippen molar-refractivity contribution in [3.05, 3.63) is 84.4 Å². The van der Waals surface area contributed by atoms with Gasteiger partial charge in [0.05, 0.1) is 5.71 Å². The van der Waals surface area contributed by atoms with Crippen LogP contribution in [-0.2, 0) is 9.53 Å². The zero-order valence-corrected chi connectivity index (χ0v) is 11.9. The van der Waals surface area contributed by atoms with E-state index in [4.69, 9.17) is 4.74 Å². The van der Waals surface area contributed by atoms with Crippen LogP contribution in [0.15, 0.2) is 78.3 Å². The lowest BCUT2D eigenvalue weighted by Gasteiger charge is -2.12. The van der Waals surface area contributed by atoms with Gasteiger partial charge in [0, 0.05) is 18.1 Å². The average Bonchev–Trinajstić information content (AvgIpc) is 2.52. The van der Waals surface area contributed by atoms with Crippen LogP contribution in [0.5, 0.6) is 0 Å². The molecule has 0 spiro atoms. The van der Waals surface area contributed by atoms with Gasteiger partial charge in [-0.25, -0.2) is 4.99 Å². The molecule has 0 saturated heterocycles. The van der Waals surface area contributed by atoms with Crippen LogP contribution in [-0.4, -0.2) is 17.9 Å².